The van der Waals surface area contributed by atoms with E-state index < -0.39 is 10.0 Å². The van der Waals surface area contributed by atoms with Crippen LogP contribution in [0.4, 0.5) is 5.69 Å². The second-order valence-corrected chi connectivity index (χ2v) is 10.7. The van der Waals surface area contributed by atoms with Crippen molar-refractivity contribution in [3.05, 3.63) is 54.7 Å². The fourth-order valence-corrected chi connectivity index (χ4v) is 6.54. The maximum atomic E-state index is 13.3. The maximum Gasteiger partial charge on any atom is 0.243 e. The van der Waals surface area contributed by atoms with Gasteiger partial charge in [-0.05, 0) is 72.5 Å². The van der Waals surface area contributed by atoms with E-state index in [2.05, 4.69) is 4.90 Å². The number of aryl methyl sites for hydroxylation is 1. The normalized spacial score (nSPS) is 19.7. The van der Waals surface area contributed by atoms with Gasteiger partial charge in [-0.1, -0.05) is 6.07 Å². The summed E-state index contributed by atoms with van der Waals surface area (Å²) >= 11 is 0. The number of hydrogen-bond donors (Lipinski definition) is 1. The lowest BCUT2D eigenvalue weighted by Crippen LogP contribution is -2.42. The monoisotopic (exact) mass is 425 g/mol. The summed E-state index contributed by atoms with van der Waals surface area (Å²) < 4.78 is 30.3. The Kier molecular flexibility index (Phi) is 4.56. The minimum Gasteiger partial charge on any atom is -0.508 e. The van der Waals surface area contributed by atoms with Crippen molar-refractivity contribution < 1.29 is 13.5 Å². The maximum absolute atomic E-state index is 13.3. The summed E-state index contributed by atoms with van der Waals surface area (Å²) in [5.74, 6) is 0.275. The number of sulfonamides is 1. The number of piperidine rings is 1. The highest BCUT2D eigenvalue weighted by molar-refractivity contribution is 7.89. The van der Waals surface area contributed by atoms with Gasteiger partial charge in [0.25, 0.3) is 0 Å². The number of aromatic nitrogens is 1. The predicted octanol–water partition coefficient (Wildman–Crippen LogP) is 3.57. The number of fused-ring (bicyclic) bond motifs is 1. The number of benzene rings is 2. The molecule has 0 radical (unpaired) electrons. The minimum atomic E-state index is -3.49. The molecule has 6 nitrogen and oxygen atoms in total. The third-order valence-corrected chi connectivity index (χ3v) is 8.78. The summed E-state index contributed by atoms with van der Waals surface area (Å²) in [6.45, 7) is 3.01. The molecule has 3 heterocycles. The molecule has 0 bridgehead atoms. The summed E-state index contributed by atoms with van der Waals surface area (Å²) in [4.78, 5) is 2.71. The molecule has 2 aromatic carbocycles. The average Bonchev–Trinajstić information content (AvgIpc) is 3.34. The Morgan fingerprint density at radius 1 is 0.933 bits per heavy atom. The third kappa shape index (κ3) is 3.26. The SMILES string of the molecule is Cn1ccc2ccc(S(=O)(=O)N3CCC4(CCN(c5ccc(O)cc5)CC4)C3)cc21. The van der Waals surface area contributed by atoms with Crippen LogP contribution in [0.2, 0.25) is 0 Å². The molecule has 0 amide bonds. The Labute approximate surface area is 177 Å². The zero-order valence-electron chi connectivity index (χ0n) is 17.2. The zero-order valence-corrected chi connectivity index (χ0v) is 18.0. The first kappa shape index (κ1) is 19.5. The van der Waals surface area contributed by atoms with E-state index in [1.54, 1.807) is 28.6 Å². The van der Waals surface area contributed by atoms with Gasteiger partial charge in [-0.2, -0.15) is 4.31 Å². The molecule has 1 spiro atoms. The number of aromatic hydroxyl groups is 1. The molecular weight excluding hydrogens is 398 g/mol. The molecule has 2 fully saturated rings. The third-order valence-electron chi connectivity index (χ3n) is 6.94. The second kappa shape index (κ2) is 7.03. The molecule has 7 heteroatoms. The average molecular weight is 426 g/mol. The van der Waals surface area contributed by atoms with Gasteiger partial charge in [0.15, 0.2) is 0 Å². The molecule has 1 aromatic heterocycles. The topological polar surface area (TPSA) is 65.8 Å². The van der Waals surface area contributed by atoms with Crippen LogP contribution >= 0.6 is 0 Å². The lowest BCUT2D eigenvalue weighted by molar-refractivity contribution is 0.234. The van der Waals surface area contributed by atoms with Crippen LogP contribution in [0.5, 0.6) is 5.75 Å². The molecule has 0 aliphatic carbocycles. The smallest absolute Gasteiger partial charge is 0.243 e. The molecular formula is C23H27N3O3S. The number of rotatable bonds is 3. The van der Waals surface area contributed by atoms with Crippen LogP contribution in [0.15, 0.2) is 59.6 Å². The van der Waals surface area contributed by atoms with Crippen molar-refractivity contribution in [2.45, 2.75) is 24.2 Å². The van der Waals surface area contributed by atoms with Crippen molar-refractivity contribution in [2.75, 3.05) is 31.1 Å². The number of anilines is 1. The molecule has 30 heavy (non-hydrogen) atoms. The Bertz CT molecular complexity index is 1180. The molecule has 5 rings (SSSR count). The molecule has 2 aliphatic rings. The fraction of sp³-hybridized carbons (Fsp3) is 0.391. The first-order chi connectivity index (χ1) is 14.4. The summed E-state index contributed by atoms with van der Waals surface area (Å²) in [7, 11) is -1.56. The van der Waals surface area contributed by atoms with Gasteiger partial charge >= 0.3 is 0 Å². The van der Waals surface area contributed by atoms with E-state index in [9.17, 15) is 13.5 Å². The van der Waals surface area contributed by atoms with Crippen molar-refractivity contribution in [2.24, 2.45) is 12.5 Å². The molecule has 1 N–H and O–H groups in total. The molecule has 2 aliphatic heterocycles. The standard InChI is InChI=1S/C23H27N3O3S/c1-24-12-8-18-2-7-21(16-22(18)24)30(28,29)26-15-11-23(17-26)9-13-25(14-10-23)19-3-5-20(27)6-4-19/h2-8,12,16,27H,9-11,13-15,17H2,1H3. The van der Waals surface area contributed by atoms with Gasteiger partial charge in [0.1, 0.15) is 5.75 Å². The van der Waals surface area contributed by atoms with Gasteiger partial charge in [-0.15, -0.1) is 0 Å². The van der Waals surface area contributed by atoms with E-state index >= 15 is 0 Å². The van der Waals surface area contributed by atoms with E-state index in [1.807, 2.05) is 42.1 Å². The Hall–Kier alpha value is -2.51. The van der Waals surface area contributed by atoms with Gasteiger partial charge in [-0.3, -0.25) is 0 Å². The second-order valence-electron chi connectivity index (χ2n) is 8.74. The summed E-state index contributed by atoms with van der Waals surface area (Å²) in [5, 5.41) is 10.6. The molecule has 2 saturated heterocycles. The predicted molar refractivity (Wildman–Crippen MR) is 118 cm³/mol. The largest absolute Gasteiger partial charge is 0.508 e. The molecule has 0 atom stereocenters. The zero-order chi connectivity index (χ0) is 20.9. The highest BCUT2D eigenvalue weighted by Gasteiger charge is 2.44. The van der Waals surface area contributed by atoms with Crippen molar-refractivity contribution in [3.63, 3.8) is 0 Å². The highest BCUT2D eigenvalue weighted by atomic mass is 32.2. The van der Waals surface area contributed by atoms with E-state index in [-0.39, 0.29) is 11.2 Å². The Morgan fingerprint density at radius 3 is 2.37 bits per heavy atom. The van der Waals surface area contributed by atoms with E-state index in [0.29, 0.717) is 18.0 Å². The molecule has 158 valence electrons. The van der Waals surface area contributed by atoms with Crippen LogP contribution in [0.3, 0.4) is 0 Å². The van der Waals surface area contributed by atoms with E-state index in [0.717, 1.165) is 48.9 Å². The lowest BCUT2D eigenvalue weighted by atomic mass is 9.78. The molecule has 0 unspecified atom stereocenters. The number of phenols is 1. The van der Waals surface area contributed by atoms with Gasteiger partial charge < -0.3 is 14.6 Å². The number of nitrogens with zero attached hydrogens (tertiary/aromatic N) is 3. The van der Waals surface area contributed by atoms with Crippen LogP contribution < -0.4 is 4.90 Å². The van der Waals surface area contributed by atoms with Crippen LogP contribution in [0.1, 0.15) is 19.3 Å². The Morgan fingerprint density at radius 2 is 1.63 bits per heavy atom. The quantitative estimate of drug-likeness (QED) is 0.697. The van der Waals surface area contributed by atoms with Crippen molar-refractivity contribution in [1.82, 2.24) is 8.87 Å². The summed E-state index contributed by atoms with van der Waals surface area (Å²) in [5.41, 5.74) is 2.11. The van der Waals surface area contributed by atoms with Gasteiger partial charge in [0, 0.05) is 50.6 Å². The lowest BCUT2D eigenvalue weighted by Gasteiger charge is -2.40. The van der Waals surface area contributed by atoms with Crippen molar-refractivity contribution in [1.29, 1.82) is 0 Å². The minimum absolute atomic E-state index is 0.0650. The number of hydrogen-bond acceptors (Lipinski definition) is 4. The van der Waals surface area contributed by atoms with Crippen molar-refractivity contribution >= 4 is 26.6 Å². The molecule has 3 aromatic rings. The van der Waals surface area contributed by atoms with Gasteiger partial charge in [0.2, 0.25) is 10.0 Å². The summed E-state index contributed by atoms with van der Waals surface area (Å²) in [6.07, 6.45) is 4.84. The van der Waals surface area contributed by atoms with E-state index in [4.69, 9.17) is 0 Å². The Balaban J connectivity index is 1.31. The van der Waals surface area contributed by atoms with Crippen molar-refractivity contribution in [3.8, 4) is 5.75 Å². The van der Waals surface area contributed by atoms with Crippen LogP contribution in [0, 0.1) is 5.41 Å². The first-order valence-corrected chi connectivity index (χ1v) is 11.9. The summed E-state index contributed by atoms with van der Waals surface area (Å²) in [6, 6.07) is 14.7. The van der Waals surface area contributed by atoms with Crippen LogP contribution in [0.25, 0.3) is 10.9 Å². The number of phenolic OH excluding ortho intramolecular Hbond substituents is 1. The highest BCUT2D eigenvalue weighted by Crippen LogP contribution is 2.43. The van der Waals surface area contributed by atoms with Gasteiger partial charge in [0.05, 0.1) is 4.90 Å². The molecule has 0 saturated carbocycles. The van der Waals surface area contributed by atoms with E-state index in [1.165, 1.54) is 0 Å². The van der Waals surface area contributed by atoms with Crippen LogP contribution in [-0.4, -0.2) is 48.6 Å². The van der Waals surface area contributed by atoms with Crippen LogP contribution in [-0.2, 0) is 17.1 Å². The van der Waals surface area contributed by atoms with Gasteiger partial charge in [-0.25, -0.2) is 8.42 Å². The first-order valence-electron chi connectivity index (χ1n) is 10.5. The fourth-order valence-electron chi connectivity index (χ4n) is 4.96.